The summed E-state index contributed by atoms with van der Waals surface area (Å²) in [6, 6.07) is 0. The quantitative estimate of drug-likeness (QED) is 0.359. The second-order valence-electron chi connectivity index (χ2n) is 0.811. The van der Waals surface area contributed by atoms with Crippen molar-refractivity contribution in [3.63, 3.8) is 0 Å². The predicted molar refractivity (Wildman–Crippen MR) is 25.0 cm³/mol. The smallest absolute Gasteiger partial charge is 0.118 e. The SMILES string of the molecule is [CH]=C(C=C)OC. The molecule has 0 atom stereocenters. The van der Waals surface area contributed by atoms with Crippen LogP contribution in [0.15, 0.2) is 18.4 Å². The third kappa shape index (κ3) is 1.58. The van der Waals surface area contributed by atoms with Gasteiger partial charge in [-0.1, -0.05) is 6.58 Å². The highest BCUT2D eigenvalue weighted by Gasteiger charge is 1.72. The van der Waals surface area contributed by atoms with Gasteiger partial charge < -0.3 is 4.74 Å². The zero-order valence-corrected chi connectivity index (χ0v) is 3.77. The molecule has 0 heterocycles. The van der Waals surface area contributed by atoms with Gasteiger partial charge in [0.05, 0.1) is 7.11 Å². The molecule has 0 fully saturated rings. The van der Waals surface area contributed by atoms with Crippen molar-refractivity contribution < 1.29 is 4.74 Å². The van der Waals surface area contributed by atoms with Gasteiger partial charge in [-0.25, -0.2) is 0 Å². The van der Waals surface area contributed by atoms with E-state index in [-0.39, 0.29) is 0 Å². The molecular formula is C5H7O. The fourth-order valence-corrected chi connectivity index (χ4v) is 0.0833. The molecule has 1 radical (unpaired) electrons. The van der Waals surface area contributed by atoms with Crippen LogP contribution in [0.4, 0.5) is 0 Å². The van der Waals surface area contributed by atoms with Crippen molar-refractivity contribution in [2.75, 3.05) is 7.11 Å². The lowest BCUT2D eigenvalue weighted by Gasteiger charge is -1.90. The summed E-state index contributed by atoms with van der Waals surface area (Å²) in [6.07, 6.45) is 1.44. The second-order valence-corrected chi connectivity index (χ2v) is 0.811. The highest BCUT2D eigenvalue weighted by molar-refractivity contribution is 4.98. The van der Waals surface area contributed by atoms with Crippen molar-refractivity contribution in [2.45, 2.75) is 0 Å². The summed E-state index contributed by atoms with van der Waals surface area (Å²) in [6.45, 7) is 8.39. The van der Waals surface area contributed by atoms with E-state index < -0.39 is 0 Å². The van der Waals surface area contributed by atoms with Crippen LogP contribution in [0.1, 0.15) is 0 Å². The minimum absolute atomic E-state index is 0.356. The lowest BCUT2D eigenvalue weighted by atomic mass is 10.6. The van der Waals surface area contributed by atoms with Crippen molar-refractivity contribution in [2.24, 2.45) is 0 Å². The van der Waals surface area contributed by atoms with E-state index in [2.05, 4.69) is 11.3 Å². The lowest BCUT2D eigenvalue weighted by molar-refractivity contribution is 0.307. The van der Waals surface area contributed by atoms with Crippen molar-refractivity contribution >= 4 is 0 Å². The van der Waals surface area contributed by atoms with Gasteiger partial charge in [0.25, 0.3) is 0 Å². The van der Waals surface area contributed by atoms with Crippen molar-refractivity contribution in [3.8, 4) is 0 Å². The molecule has 0 saturated heterocycles. The zero-order valence-electron chi connectivity index (χ0n) is 3.77. The summed E-state index contributed by atoms with van der Waals surface area (Å²) in [7, 11) is 1.50. The number of allylic oxidation sites excluding steroid dienone is 1. The standard InChI is InChI=1S/C5H7O/c1-4-5(2)6-3/h2,4H,1H2,3H3. The molecule has 0 unspecified atom stereocenters. The molecule has 0 bridgehead atoms. The van der Waals surface area contributed by atoms with Gasteiger partial charge in [0.15, 0.2) is 0 Å². The molecule has 0 saturated carbocycles. The highest BCUT2D eigenvalue weighted by atomic mass is 16.5. The molecule has 6 heavy (non-hydrogen) atoms. The molecule has 0 aromatic carbocycles. The van der Waals surface area contributed by atoms with Gasteiger partial charge in [-0.2, -0.15) is 0 Å². The molecule has 1 heteroatoms. The molecule has 1 nitrogen and oxygen atoms in total. The highest BCUT2D eigenvalue weighted by Crippen LogP contribution is 1.85. The zero-order chi connectivity index (χ0) is 4.99. The first-order chi connectivity index (χ1) is 2.81. The molecule has 0 amide bonds. The Bertz CT molecular complexity index is 64.3. The Labute approximate surface area is 37.9 Å². The largest absolute Gasteiger partial charge is 0.497 e. The maximum atomic E-state index is 5.05. The van der Waals surface area contributed by atoms with Crippen LogP contribution < -0.4 is 0 Å². The van der Waals surface area contributed by atoms with E-state index in [4.69, 9.17) is 6.58 Å². The topological polar surface area (TPSA) is 9.23 Å². The maximum absolute atomic E-state index is 5.05. The maximum Gasteiger partial charge on any atom is 0.118 e. The molecule has 33 valence electrons. The average molecular weight is 83.1 g/mol. The van der Waals surface area contributed by atoms with Gasteiger partial charge >= 0.3 is 0 Å². The van der Waals surface area contributed by atoms with Crippen molar-refractivity contribution in [1.82, 2.24) is 0 Å². The monoisotopic (exact) mass is 83.0 g/mol. The van der Waals surface area contributed by atoms with Crippen LogP contribution in [0, 0.1) is 6.58 Å². The molecule has 0 N–H and O–H groups in total. The average Bonchev–Trinajstić information content (AvgIpc) is 1.65. The second kappa shape index (κ2) is 2.51. The van der Waals surface area contributed by atoms with E-state index in [0.29, 0.717) is 5.76 Å². The number of rotatable bonds is 2. The first kappa shape index (κ1) is 5.28. The van der Waals surface area contributed by atoms with E-state index in [1.807, 2.05) is 0 Å². The minimum Gasteiger partial charge on any atom is -0.497 e. The number of hydrogen-bond donors (Lipinski definition) is 0. The molecule has 0 aliphatic heterocycles. The van der Waals surface area contributed by atoms with Crippen molar-refractivity contribution in [1.29, 1.82) is 0 Å². The Hall–Kier alpha value is -0.720. The molecule has 0 rings (SSSR count). The Morgan fingerprint density at radius 2 is 2.50 bits per heavy atom. The van der Waals surface area contributed by atoms with Crippen LogP contribution in [-0.2, 0) is 4.74 Å². The molecule has 0 aromatic rings. The van der Waals surface area contributed by atoms with E-state index in [0.717, 1.165) is 0 Å². The summed E-state index contributed by atoms with van der Waals surface area (Å²) in [4.78, 5) is 0. The Morgan fingerprint density at radius 3 is 2.50 bits per heavy atom. The Morgan fingerprint density at radius 1 is 2.00 bits per heavy atom. The van der Waals surface area contributed by atoms with Gasteiger partial charge in [0, 0.05) is 0 Å². The van der Waals surface area contributed by atoms with Crippen LogP contribution in [0.2, 0.25) is 0 Å². The molecular weight excluding hydrogens is 76.1 g/mol. The van der Waals surface area contributed by atoms with E-state index >= 15 is 0 Å². The molecule has 0 aromatic heterocycles. The molecule has 0 aliphatic carbocycles. The summed E-state index contributed by atoms with van der Waals surface area (Å²) in [5.74, 6) is 0.356. The van der Waals surface area contributed by atoms with E-state index in [1.165, 1.54) is 13.2 Å². The number of hydrogen-bond acceptors (Lipinski definition) is 1. The molecule has 0 aliphatic rings. The molecule has 0 spiro atoms. The van der Waals surface area contributed by atoms with Crippen LogP contribution in [-0.4, -0.2) is 7.11 Å². The summed E-state index contributed by atoms with van der Waals surface area (Å²) < 4.78 is 4.48. The number of methoxy groups -OCH3 is 1. The van der Waals surface area contributed by atoms with Crippen LogP contribution in [0.3, 0.4) is 0 Å². The first-order valence-electron chi connectivity index (χ1n) is 1.60. The van der Waals surface area contributed by atoms with Gasteiger partial charge in [0.2, 0.25) is 0 Å². The van der Waals surface area contributed by atoms with E-state index in [1.54, 1.807) is 0 Å². The minimum atomic E-state index is 0.356. The fraction of sp³-hybridized carbons (Fsp3) is 0.200. The summed E-state index contributed by atoms with van der Waals surface area (Å²) in [5, 5.41) is 0. The first-order valence-corrected chi connectivity index (χ1v) is 1.60. The van der Waals surface area contributed by atoms with E-state index in [9.17, 15) is 0 Å². The van der Waals surface area contributed by atoms with Crippen molar-refractivity contribution in [3.05, 3.63) is 25.0 Å². The summed E-state index contributed by atoms with van der Waals surface area (Å²) in [5.41, 5.74) is 0. The van der Waals surface area contributed by atoms with Gasteiger partial charge in [-0.05, 0) is 12.7 Å². The normalized spacial score (nSPS) is 6.83. The number of ether oxygens (including phenoxy) is 1. The Kier molecular flexibility index (Phi) is 2.21. The van der Waals surface area contributed by atoms with Gasteiger partial charge in [-0.3, -0.25) is 0 Å². The third-order valence-corrected chi connectivity index (χ3v) is 0.437. The lowest BCUT2D eigenvalue weighted by Crippen LogP contribution is -1.73. The van der Waals surface area contributed by atoms with Crippen LogP contribution >= 0.6 is 0 Å². The fourth-order valence-electron chi connectivity index (χ4n) is 0.0833. The van der Waals surface area contributed by atoms with Gasteiger partial charge in [0.1, 0.15) is 5.76 Å². The van der Waals surface area contributed by atoms with Crippen LogP contribution in [0.5, 0.6) is 0 Å². The van der Waals surface area contributed by atoms with Crippen LogP contribution in [0.25, 0.3) is 0 Å². The van der Waals surface area contributed by atoms with Gasteiger partial charge in [-0.15, -0.1) is 0 Å². The third-order valence-electron chi connectivity index (χ3n) is 0.437. The predicted octanol–water partition coefficient (Wildman–Crippen LogP) is 1.14. The Balaban J connectivity index is 3.23. The summed E-state index contributed by atoms with van der Waals surface area (Å²) >= 11 is 0.